The molecule has 56 valence electrons. The molecule has 2 aliphatic rings. The fourth-order valence-corrected chi connectivity index (χ4v) is 1.68. The largest absolute Gasteiger partial charge is 0.530 e. The van der Waals surface area contributed by atoms with Crippen LogP contribution in [0.1, 0.15) is 6.42 Å². The molecule has 0 bridgehead atoms. The first kappa shape index (κ1) is 5.97. The minimum absolute atomic E-state index is 0.213. The molecule has 0 aromatic heterocycles. The zero-order chi connectivity index (χ0) is 7.14. The minimum Gasteiger partial charge on any atom is -0.530 e. The van der Waals surface area contributed by atoms with Gasteiger partial charge in [0.1, 0.15) is 6.09 Å². The van der Waals surface area contributed by atoms with E-state index in [1.165, 1.54) is 4.90 Å². The lowest BCUT2D eigenvalue weighted by Gasteiger charge is -2.38. The van der Waals surface area contributed by atoms with Crippen molar-refractivity contribution in [1.29, 1.82) is 0 Å². The van der Waals surface area contributed by atoms with E-state index in [2.05, 4.69) is 5.32 Å². The van der Waals surface area contributed by atoms with Crippen molar-refractivity contribution in [3.8, 4) is 0 Å². The standard InChI is InChI=1S/C6H10N2O2/c9-6(10)8-2-1-4-5(8)3-7-4/h4-5,7H,1-3H2,(H,9,10)/p-1/t4-,5-/m1/s1. The minimum atomic E-state index is -1.02. The first-order valence-corrected chi connectivity index (χ1v) is 3.50. The Kier molecular flexibility index (Phi) is 1.11. The summed E-state index contributed by atoms with van der Waals surface area (Å²) in [6.07, 6.45) is -0.0763. The second-order valence-corrected chi connectivity index (χ2v) is 2.83. The highest BCUT2D eigenvalue weighted by Gasteiger charge is 2.40. The van der Waals surface area contributed by atoms with Gasteiger partial charge in [0.05, 0.1) is 6.04 Å². The summed E-state index contributed by atoms with van der Waals surface area (Å²) in [4.78, 5) is 11.8. The molecule has 0 aliphatic carbocycles. The molecular weight excluding hydrogens is 132 g/mol. The highest BCUT2D eigenvalue weighted by atomic mass is 16.4. The van der Waals surface area contributed by atoms with E-state index in [4.69, 9.17) is 0 Å². The van der Waals surface area contributed by atoms with E-state index < -0.39 is 6.09 Å². The van der Waals surface area contributed by atoms with Crippen LogP contribution in [-0.4, -0.2) is 36.2 Å². The van der Waals surface area contributed by atoms with Gasteiger partial charge in [-0.15, -0.1) is 0 Å². The third kappa shape index (κ3) is 0.623. The average molecular weight is 141 g/mol. The Labute approximate surface area is 58.8 Å². The van der Waals surface area contributed by atoms with E-state index in [0.717, 1.165) is 13.0 Å². The number of nitrogens with zero attached hydrogens (tertiary/aromatic N) is 1. The first-order chi connectivity index (χ1) is 4.79. The molecule has 2 atom stereocenters. The van der Waals surface area contributed by atoms with Crippen molar-refractivity contribution in [1.82, 2.24) is 10.2 Å². The molecule has 2 fully saturated rings. The molecule has 2 heterocycles. The number of carboxylic acid groups (broad SMARTS) is 1. The zero-order valence-corrected chi connectivity index (χ0v) is 5.54. The van der Waals surface area contributed by atoms with Crippen LogP contribution in [0.2, 0.25) is 0 Å². The van der Waals surface area contributed by atoms with Crippen molar-refractivity contribution in [3.05, 3.63) is 0 Å². The maximum Gasteiger partial charge on any atom is 0.137 e. The summed E-state index contributed by atoms with van der Waals surface area (Å²) in [7, 11) is 0. The second kappa shape index (κ2) is 1.85. The van der Waals surface area contributed by atoms with E-state index in [-0.39, 0.29) is 6.04 Å². The van der Waals surface area contributed by atoms with Gasteiger partial charge in [-0.25, -0.2) is 0 Å². The second-order valence-electron chi connectivity index (χ2n) is 2.83. The number of carbonyl (C=O) groups excluding carboxylic acids is 1. The molecule has 2 rings (SSSR count). The summed E-state index contributed by atoms with van der Waals surface area (Å²) in [5, 5.41) is 13.5. The van der Waals surface area contributed by atoms with Crippen LogP contribution in [0, 0.1) is 0 Å². The van der Waals surface area contributed by atoms with Gasteiger partial charge in [-0.2, -0.15) is 0 Å². The van der Waals surface area contributed by atoms with E-state index in [0.29, 0.717) is 12.6 Å². The molecule has 4 heteroatoms. The number of amides is 1. The Balaban J connectivity index is 2.05. The fourth-order valence-electron chi connectivity index (χ4n) is 1.68. The van der Waals surface area contributed by atoms with Gasteiger partial charge in [0.15, 0.2) is 0 Å². The van der Waals surface area contributed by atoms with E-state index in [1.54, 1.807) is 0 Å². The van der Waals surface area contributed by atoms with Crippen molar-refractivity contribution >= 4 is 6.09 Å². The molecule has 2 aliphatic heterocycles. The van der Waals surface area contributed by atoms with Crippen LogP contribution in [-0.2, 0) is 0 Å². The molecule has 0 saturated carbocycles. The Morgan fingerprint density at radius 2 is 2.50 bits per heavy atom. The molecule has 1 N–H and O–H groups in total. The molecule has 2 saturated heterocycles. The van der Waals surface area contributed by atoms with Gasteiger partial charge in [-0.1, -0.05) is 0 Å². The number of hydrogen-bond acceptors (Lipinski definition) is 3. The Morgan fingerprint density at radius 3 is 2.80 bits per heavy atom. The topological polar surface area (TPSA) is 55.4 Å². The van der Waals surface area contributed by atoms with Gasteiger partial charge in [0, 0.05) is 19.1 Å². The van der Waals surface area contributed by atoms with E-state index in [9.17, 15) is 9.90 Å². The summed E-state index contributed by atoms with van der Waals surface area (Å²) in [6, 6.07) is 0.628. The normalized spacial score (nSPS) is 37.0. The monoisotopic (exact) mass is 141 g/mol. The van der Waals surface area contributed by atoms with Crippen molar-refractivity contribution in [2.45, 2.75) is 18.5 Å². The number of nitrogens with one attached hydrogen (secondary N) is 1. The number of rotatable bonds is 0. The lowest BCUT2D eigenvalue weighted by molar-refractivity contribution is -0.267. The first-order valence-electron chi connectivity index (χ1n) is 3.50. The Morgan fingerprint density at radius 1 is 1.70 bits per heavy atom. The van der Waals surface area contributed by atoms with Gasteiger partial charge in [0.25, 0.3) is 0 Å². The smallest absolute Gasteiger partial charge is 0.137 e. The molecule has 1 amide bonds. The lowest BCUT2D eigenvalue weighted by Crippen LogP contribution is -2.61. The van der Waals surface area contributed by atoms with Crippen LogP contribution < -0.4 is 10.4 Å². The van der Waals surface area contributed by atoms with Crippen LogP contribution in [0.25, 0.3) is 0 Å². The SMILES string of the molecule is O=C([O-])N1CC[C@H]2NC[C@H]21. The number of likely N-dealkylation sites (tertiary alicyclic amines) is 1. The molecule has 0 radical (unpaired) electrons. The third-order valence-corrected chi connectivity index (χ3v) is 2.37. The molecule has 0 unspecified atom stereocenters. The van der Waals surface area contributed by atoms with Crippen molar-refractivity contribution < 1.29 is 9.90 Å². The molecule has 0 aromatic carbocycles. The quantitative estimate of drug-likeness (QED) is 0.441. The molecular formula is C6H9N2O2-. The molecule has 0 aromatic rings. The maximum absolute atomic E-state index is 10.4. The molecule has 0 spiro atoms. The summed E-state index contributed by atoms with van der Waals surface area (Å²) in [6.45, 7) is 1.45. The van der Waals surface area contributed by atoms with Crippen LogP contribution in [0.4, 0.5) is 4.79 Å². The van der Waals surface area contributed by atoms with Gasteiger partial charge in [-0.05, 0) is 6.42 Å². The zero-order valence-electron chi connectivity index (χ0n) is 5.54. The fraction of sp³-hybridized carbons (Fsp3) is 0.833. The Bertz CT molecular complexity index is 171. The summed E-state index contributed by atoms with van der Waals surface area (Å²) in [5.74, 6) is 0. The maximum atomic E-state index is 10.4. The van der Waals surface area contributed by atoms with Crippen molar-refractivity contribution in [3.63, 3.8) is 0 Å². The highest BCUT2D eigenvalue weighted by molar-refractivity contribution is 5.64. The number of carbonyl (C=O) groups is 1. The number of fused-ring (bicyclic) bond motifs is 1. The predicted molar refractivity (Wildman–Crippen MR) is 32.3 cm³/mol. The van der Waals surface area contributed by atoms with E-state index >= 15 is 0 Å². The van der Waals surface area contributed by atoms with Gasteiger partial charge < -0.3 is 20.1 Å². The summed E-state index contributed by atoms with van der Waals surface area (Å²) < 4.78 is 0. The summed E-state index contributed by atoms with van der Waals surface area (Å²) >= 11 is 0. The van der Waals surface area contributed by atoms with Crippen LogP contribution >= 0.6 is 0 Å². The Hall–Kier alpha value is -0.770. The molecule has 4 nitrogen and oxygen atoms in total. The van der Waals surface area contributed by atoms with E-state index in [1.807, 2.05) is 0 Å². The van der Waals surface area contributed by atoms with Crippen LogP contribution in [0.5, 0.6) is 0 Å². The van der Waals surface area contributed by atoms with Crippen molar-refractivity contribution in [2.24, 2.45) is 0 Å². The van der Waals surface area contributed by atoms with Crippen LogP contribution in [0.15, 0.2) is 0 Å². The van der Waals surface area contributed by atoms with Gasteiger partial charge >= 0.3 is 0 Å². The van der Waals surface area contributed by atoms with Crippen molar-refractivity contribution in [2.75, 3.05) is 13.1 Å². The number of hydrogen-bond donors (Lipinski definition) is 1. The predicted octanol–water partition coefficient (Wildman–Crippen LogP) is -1.62. The lowest BCUT2D eigenvalue weighted by atomic mass is 10.0. The molecule has 10 heavy (non-hydrogen) atoms. The van der Waals surface area contributed by atoms with Gasteiger partial charge in [-0.3, -0.25) is 0 Å². The summed E-state index contributed by atoms with van der Waals surface area (Å²) in [5.41, 5.74) is 0. The van der Waals surface area contributed by atoms with Crippen LogP contribution in [0.3, 0.4) is 0 Å². The highest BCUT2D eigenvalue weighted by Crippen LogP contribution is 2.22. The van der Waals surface area contributed by atoms with Gasteiger partial charge in [0.2, 0.25) is 0 Å². The average Bonchev–Trinajstić information content (AvgIpc) is 2.07. The third-order valence-electron chi connectivity index (χ3n) is 2.37.